The highest BCUT2D eigenvalue weighted by Crippen LogP contribution is 2.43. The van der Waals surface area contributed by atoms with Gasteiger partial charge < -0.3 is 10.2 Å². The Balaban J connectivity index is 1.68. The molecule has 5 nitrogen and oxygen atoms in total. The summed E-state index contributed by atoms with van der Waals surface area (Å²) in [6.07, 6.45) is 3.09. The molecule has 0 spiro atoms. The highest BCUT2D eigenvalue weighted by atomic mass is 32.1. The van der Waals surface area contributed by atoms with Crippen LogP contribution in [0.3, 0.4) is 0 Å². The number of anilines is 1. The lowest BCUT2D eigenvalue weighted by Gasteiger charge is -2.33. The van der Waals surface area contributed by atoms with Gasteiger partial charge in [0.2, 0.25) is 5.91 Å². The van der Waals surface area contributed by atoms with Gasteiger partial charge in [0.05, 0.1) is 12.1 Å². The van der Waals surface area contributed by atoms with Crippen molar-refractivity contribution >= 4 is 22.2 Å². The summed E-state index contributed by atoms with van der Waals surface area (Å²) in [5, 5.41) is 13.4. The molecule has 0 saturated carbocycles. The average molecular weight is 375 g/mol. The van der Waals surface area contributed by atoms with Crippen molar-refractivity contribution in [3.05, 3.63) is 16.0 Å². The van der Waals surface area contributed by atoms with E-state index in [1.165, 1.54) is 10.4 Å². The third-order valence-corrected chi connectivity index (χ3v) is 6.99. The molecule has 1 aliphatic heterocycles. The fraction of sp³-hybridized carbons (Fsp3) is 0.700. The number of rotatable bonds is 3. The zero-order chi connectivity index (χ0) is 18.9. The fourth-order valence-electron chi connectivity index (χ4n) is 3.91. The molecule has 1 atom stereocenters. The van der Waals surface area contributed by atoms with Crippen molar-refractivity contribution in [1.29, 1.82) is 5.26 Å². The Kier molecular flexibility index (Phi) is 5.71. The van der Waals surface area contributed by atoms with Gasteiger partial charge in [-0.3, -0.25) is 9.69 Å². The number of carbonyl (C=O) groups is 1. The van der Waals surface area contributed by atoms with Gasteiger partial charge in [-0.05, 0) is 43.2 Å². The van der Waals surface area contributed by atoms with Gasteiger partial charge in [-0.25, -0.2) is 0 Å². The minimum atomic E-state index is -0.00276. The van der Waals surface area contributed by atoms with Crippen LogP contribution in [0.5, 0.6) is 0 Å². The smallest absolute Gasteiger partial charge is 0.239 e. The van der Waals surface area contributed by atoms with Crippen LogP contribution >= 0.6 is 11.3 Å². The lowest BCUT2D eigenvalue weighted by molar-refractivity contribution is -0.117. The number of fused-ring (bicyclic) bond motifs is 1. The van der Waals surface area contributed by atoms with Crippen molar-refractivity contribution in [2.45, 2.75) is 40.0 Å². The molecule has 1 N–H and O–H groups in total. The van der Waals surface area contributed by atoms with Gasteiger partial charge in [0, 0.05) is 31.1 Å². The summed E-state index contributed by atoms with van der Waals surface area (Å²) >= 11 is 1.62. The lowest BCUT2D eigenvalue weighted by atomic mass is 9.72. The number of piperazine rings is 1. The number of hydrogen-bond donors (Lipinski definition) is 1. The summed E-state index contributed by atoms with van der Waals surface area (Å²) in [6, 6.07) is 2.35. The van der Waals surface area contributed by atoms with Crippen molar-refractivity contribution in [2.24, 2.45) is 11.3 Å². The van der Waals surface area contributed by atoms with E-state index >= 15 is 0 Å². The summed E-state index contributed by atoms with van der Waals surface area (Å²) in [5.41, 5.74) is 2.15. The van der Waals surface area contributed by atoms with Gasteiger partial charge in [0.25, 0.3) is 0 Å². The molecule has 1 fully saturated rings. The predicted octanol–water partition coefficient (Wildman–Crippen LogP) is 2.96. The highest BCUT2D eigenvalue weighted by molar-refractivity contribution is 7.16. The van der Waals surface area contributed by atoms with Crippen molar-refractivity contribution in [3.8, 4) is 6.07 Å². The van der Waals surface area contributed by atoms with Crippen LogP contribution in [-0.4, -0.2) is 55.5 Å². The Hall–Kier alpha value is -1.42. The second-order valence-corrected chi connectivity index (χ2v) is 9.86. The number of thiophene rings is 1. The molecule has 0 unspecified atom stereocenters. The second kappa shape index (κ2) is 7.67. The molecule has 0 aromatic carbocycles. The Morgan fingerprint density at radius 3 is 2.62 bits per heavy atom. The van der Waals surface area contributed by atoms with Gasteiger partial charge in [-0.15, -0.1) is 11.3 Å². The molecule has 1 aromatic heterocycles. The van der Waals surface area contributed by atoms with Gasteiger partial charge in [0.1, 0.15) is 11.1 Å². The first-order valence-electron chi connectivity index (χ1n) is 9.53. The minimum Gasteiger partial charge on any atom is -0.315 e. The Bertz CT molecular complexity index is 705. The maximum Gasteiger partial charge on any atom is 0.239 e. The predicted molar refractivity (Wildman–Crippen MR) is 107 cm³/mol. The molecular formula is C20H30N4OS. The molecule has 0 radical (unpaired) electrons. The molecule has 142 valence electrons. The monoisotopic (exact) mass is 374 g/mol. The maximum atomic E-state index is 12.5. The van der Waals surface area contributed by atoms with Crippen molar-refractivity contribution in [2.75, 3.05) is 45.1 Å². The lowest BCUT2D eigenvalue weighted by Crippen LogP contribution is -2.47. The molecule has 26 heavy (non-hydrogen) atoms. The van der Waals surface area contributed by atoms with Crippen LogP contribution in [-0.2, 0) is 17.6 Å². The van der Waals surface area contributed by atoms with Crippen LogP contribution in [0.1, 0.15) is 43.2 Å². The normalized spacial score (nSPS) is 21.9. The van der Waals surface area contributed by atoms with E-state index < -0.39 is 0 Å². The minimum absolute atomic E-state index is 0.00276. The van der Waals surface area contributed by atoms with Crippen LogP contribution in [0, 0.1) is 22.7 Å². The van der Waals surface area contributed by atoms with Crippen LogP contribution in [0.25, 0.3) is 0 Å². The molecule has 0 bridgehead atoms. The van der Waals surface area contributed by atoms with Crippen molar-refractivity contribution in [3.63, 3.8) is 0 Å². The van der Waals surface area contributed by atoms with E-state index in [0.717, 1.165) is 50.4 Å². The third kappa shape index (κ3) is 4.28. The van der Waals surface area contributed by atoms with Crippen LogP contribution < -0.4 is 5.32 Å². The Morgan fingerprint density at radius 2 is 2.00 bits per heavy atom. The standard InChI is InChI=1S/C20H30N4OS/c1-20(2,3)14-5-6-15-16(12-21)19(26-17(15)11-14)22-18(25)13-24-9-7-23(4)8-10-24/h14H,5-11,13H2,1-4H3,(H,22,25)/t14-/m1/s1. The highest BCUT2D eigenvalue weighted by Gasteiger charge is 2.32. The fourth-order valence-corrected chi connectivity index (χ4v) is 5.20. The van der Waals surface area contributed by atoms with Crippen LogP contribution in [0.15, 0.2) is 0 Å². The maximum absolute atomic E-state index is 12.5. The first-order valence-corrected chi connectivity index (χ1v) is 10.3. The summed E-state index contributed by atoms with van der Waals surface area (Å²) in [4.78, 5) is 18.3. The second-order valence-electron chi connectivity index (χ2n) is 8.75. The quantitative estimate of drug-likeness (QED) is 0.884. The average Bonchev–Trinajstić information content (AvgIpc) is 2.92. The molecule has 1 aliphatic carbocycles. The van der Waals surface area contributed by atoms with E-state index in [4.69, 9.17) is 0 Å². The summed E-state index contributed by atoms with van der Waals surface area (Å²) < 4.78 is 0. The van der Waals surface area contributed by atoms with E-state index in [9.17, 15) is 10.1 Å². The van der Waals surface area contributed by atoms with Crippen LogP contribution in [0.2, 0.25) is 0 Å². The van der Waals surface area contributed by atoms with Gasteiger partial charge in [-0.1, -0.05) is 20.8 Å². The number of carbonyl (C=O) groups excluding carboxylic acids is 1. The molecule has 6 heteroatoms. The zero-order valence-corrected chi connectivity index (χ0v) is 17.2. The topological polar surface area (TPSA) is 59.4 Å². The van der Waals surface area contributed by atoms with E-state index in [1.54, 1.807) is 11.3 Å². The SMILES string of the molecule is CN1CCN(CC(=O)Nc2sc3c(c2C#N)CC[C@@H](C(C)(C)C)C3)CC1. The van der Waals surface area contributed by atoms with Gasteiger partial charge in [0.15, 0.2) is 0 Å². The number of amides is 1. The third-order valence-electron chi connectivity index (χ3n) is 5.82. The van der Waals surface area contributed by atoms with Crippen molar-refractivity contribution in [1.82, 2.24) is 9.80 Å². The first-order chi connectivity index (χ1) is 12.3. The summed E-state index contributed by atoms with van der Waals surface area (Å²) in [7, 11) is 2.11. The Morgan fingerprint density at radius 1 is 1.31 bits per heavy atom. The van der Waals surface area contributed by atoms with E-state index in [2.05, 4.69) is 49.0 Å². The van der Waals surface area contributed by atoms with Crippen LogP contribution in [0.4, 0.5) is 5.00 Å². The van der Waals surface area contributed by atoms with E-state index in [-0.39, 0.29) is 11.3 Å². The molecular weight excluding hydrogens is 344 g/mol. The van der Waals surface area contributed by atoms with Gasteiger partial charge in [-0.2, -0.15) is 5.26 Å². The van der Waals surface area contributed by atoms with Gasteiger partial charge >= 0.3 is 0 Å². The van der Waals surface area contributed by atoms with E-state index in [1.807, 2.05) is 0 Å². The number of nitrogens with zero attached hydrogens (tertiary/aromatic N) is 3. The van der Waals surface area contributed by atoms with Crippen molar-refractivity contribution < 1.29 is 4.79 Å². The number of likely N-dealkylation sites (N-methyl/N-ethyl adjacent to an activating group) is 1. The number of nitriles is 1. The molecule has 2 aliphatic rings. The largest absolute Gasteiger partial charge is 0.315 e. The molecule has 1 aromatic rings. The summed E-state index contributed by atoms with van der Waals surface area (Å²) in [5.74, 6) is 0.631. The zero-order valence-electron chi connectivity index (χ0n) is 16.4. The summed E-state index contributed by atoms with van der Waals surface area (Å²) in [6.45, 7) is 11.1. The Labute approximate surface area is 161 Å². The van der Waals surface area contributed by atoms with E-state index in [0.29, 0.717) is 18.0 Å². The molecule has 3 rings (SSSR count). The number of nitrogens with one attached hydrogen (secondary N) is 1. The molecule has 1 amide bonds. The molecule has 2 heterocycles. The number of hydrogen-bond acceptors (Lipinski definition) is 5. The molecule has 1 saturated heterocycles. The first kappa shape index (κ1) is 19.3.